The monoisotopic (exact) mass is 479 g/mol. The SMILES string of the molecule is C[C@H]1CCc2c(sc3ncnc(Oc4ccc(S(=O)(=O)N5CCOCC5)cc4Cl)c23)C1. The van der Waals surface area contributed by atoms with Crippen molar-refractivity contribution in [2.45, 2.75) is 31.1 Å². The maximum absolute atomic E-state index is 12.9. The molecule has 5 rings (SSSR count). The lowest BCUT2D eigenvalue weighted by atomic mass is 9.89. The fraction of sp³-hybridized carbons (Fsp3) is 0.429. The number of ether oxygens (including phenoxy) is 2. The fourth-order valence-corrected chi connectivity index (χ4v) is 7.15. The highest BCUT2D eigenvalue weighted by atomic mass is 35.5. The molecule has 10 heteroatoms. The van der Waals surface area contributed by atoms with E-state index in [9.17, 15) is 8.42 Å². The van der Waals surface area contributed by atoms with Crippen molar-refractivity contribution < 1.29 is 17.9 Å². The first-order valence-electron chi connectivity index (χ1n) is 10.2. The third kappa shape index (κ3) is 3.93. The van der Waals surface area contributed by atoms with Crippen LogP contribution in [-0.4, -0.2) is 49.0 Å². The van der Waals surface area contributed by atoms with Gasteiger partial charge < -0.3 is 9.47 Å². The maximum Gasteiger partial charge on any atom is 0.243 e. The first-order valence-corrected chi connectivity index (χ1v) is 12.9. The number of fused-ring (bicyclic) bond motifs is 3. The van der Waals surface area contributed by atoms with Gasteiger partial charge >= 0.3 is 0 Å². The van der Waals surface area contributed by atoms with E-state index < -0.39 is 10.0 Å². The van der Waals surface area contributed by atoms with Crippen LogP contribution in [0.4, 0.5) is 0 Å². The number of hydrogen-bond donors (Lipinski definition) is 0. The topological polar surface area (TPSA) is 81.6 Å². The molecule has 3 aromatic rings. The van der Waals surface area contributed by atoms with Gasteiger partial charge in [-0.05, 0) is 48.9 Å². The van der Waals surface area contributed by atoms with E-state index in [0.29, 0.717) is 43.9 Å². The summed E-state index contributed by atoms with van der Waals surface area (Å²) in [6.45, 7) is 3.71. The Hall–Kier alpha value is -1.78. The Morgan fingerprint density at radius 2 is 2.06 bits per heavy atom. The number of thiophene rings is 1. The Morgan fingerprint density at radius 3 is 2.84 bits per heavy atom. The molecule has 164 valence electrons. The van der Waals surface area contributed by atoms with E-state index in [-0.39, 0.29) is 9.92 Å². The average molecular weight is 480 g/mol. The number of nitrogens with zero attached hydrogens (tertiary/aromatic N) is 3. The second-order valence-corrected chi connectivity index (χ2v) is 11.4. The Bertz CT molecular complexity index is 1240. The summed E-state index contributed by atoms with van der Waals surface area (Å²) in [4.78, 5) is 11.2. The summed E-state index contributed by atoms with van der Waals surface area (Å²) in [5, 5.41) is 1.16. The minimum absolute atomic E-state index is 0.140. The summed E-state index contributed by atoms with van der Waals surface area (Å²) in [6.07, 6.45) is 4.64. The molecule has 3 heterocycles. The molecule has 1 atom stereocenters. The molecule has 0 spiro atoms. The van der Waals surface area contributed by atoms with Crippen molar-refractivity contribution in [2.75, 3.05) is 26.3 Å². The summed E-state index contributed by atoms with van der Waals surface area (Å²) in [6, 6.07) is 4.55. The van der Waals surface area contributed by atoms with Gasteiger partial charge in [0.2, 0.25) is 15.9 Å². The molecule has 2 aromatic heterocycles. The second kappa shape index (κ2) is 8.29. The number of morpholine rings is 1. The number of aromatic nitrogens is 2. The van der Waals surface area contributed by atoms with Crippen molar-refractivity contribution in [3.63, 3.8) is 0 Å². The Balaban J connectivity index is 1.47. The highest BCUT2D eigenvalue weighted by Crippen LogP contribution is 2.42. The van der Waals surface area contributed by atoms with E-state index in [2.05, 4.69) is 16.9 Å². The lowest BCUT2D eigenvalue weighted by molar-refractivity contribution is 0.0730. The smallest absolute Gasteiger partial charge is 0.243 e. The van der Waals surface area contributed by atoms with E-state index in [0.717, 1.165) is 29.5 Å². The van der Waals surface area contributed by atoms with Gasteiger partial charge in [0.25, 0.3) is 0 Å². The molecule has 0 amide bonds. The molecule has 0 radical (unpaired) electrons. The van der Waals surface area contributed by atoms with Gasteiger partial charge in [-0.2, -0.15) is 4.31 Å². The lowest BCUT2D eigenvalue weighted by Crippen LogP contribution is -2.40. The van der Waals surface area contributed by atoms with Gasteiger partial charge in [-0.15, -0.1) is 11.3 Å². The van der Waals surface area contributed by atoms with E-state index in [1.165, 1.54) is 33.2 Å². The van der Waals surface area contributed by atoms with Gasteiger partial charge in [0, 0.05) is 18.0 Å². The number of sulfonamides is 1. The molecule has 0 bridgehead atoms. The minimum Gasteiger partial charge on any atom is -0.437 e. The van der Waals surface area contributed by atoms with Crippen molar-refractivity contribution in [1.29, 1.82) is 0 Å². The summed E-state index contributed by atoms with van der Waals surface area (Å²) >= 11 is 8.13. The van der Waals surface area contributed by atoms with Crippen LogP contribution in [-0.2, 0) is 27.6 Å². The Morgan fingerprint density at radius 1 is 1.26 bits per heavy atom. The quantitative estimate of drug-likeness (QED) is 0.555. The minimum atomic E-state index is -3.63. The van der Waals surface area contributed by atoms with Crippen LogP contribution in [0, 0.1) is 5.92 Å². The number of rotatable bonds is 4. The zero-order chi connectivity index (χ0) is 21.6. The zero-order valence-electron chi connectivity index (χ0n) is 17.0. The molecule has 1 aromatic carbocycles. The Labute approximate surface area is 190 Å². The van der Waals surface area contributed by atoms with E-state index in [1.54, 1.807) is 17.4 Å². The second-order valence-electron chi connectivity index (χ2n) is 7.92. The number of halogens is 1. The van der Waals surface area contributed by atoms with Gasteiger partial charge in [0.1, 0.15) is 16.9 Å². The molecule has 1 aliphatic carbocycles. The summed E-state index contributed by atoms with van der Waals surface area (Å²) in [5.74, 6) is 1.49. The molecule has 1 fully saturated rings. The van der Waals surface area contributed by atoms with E-state index in [4.69, 9.17) is 21.1 Å². The molecule has 0 unspecified atom stereocenters. The van der Waals surface area contributed by atoms with E-state index >= 15 is 0 Å². The largest absolute Gasteiger partial charge is 0.437 e. The number of benzene rings is 1. The molecule has 2 aliphatic rings. The standard InChI is InChI=1S/C21H22ClN3O4S2/c1-13-2-4-15-18(10-13)30-21-19(15)20(23-12-24-21)29-17-5-3-14(11-16(17)22)31(26,27)25-6-8-28-9-7-25/h3,5,11-13H,2,4,6-10H2,1H3/t13-/m0/s1. The van der Waals surface area contributed by atoms with Crippen molar-refractivity contribution in [3.05, 3.63) is 40.0 Å². The van der Waals surface area contributed by atoms with Gasteiger partial charge in [0.05, 0.1) is 28.5 Å². The van der Waals surface area contributed by atoms with Crippen molar-refractivity contribution >= 4 is 43.2 Å². The third-order valence-corrected chi connectivity index (χ3v) is 9.13. The van der Waals surface area contributed by atoms with Crippen LogP contribution in [0.3, 0.4) is 0 Å². The molecular weight excluding hydrogens is 458 g/mol. The zero-order valence-corrected chi connectivity index (χ0v) is 19.4. The summed E-state index contributed by atoms with van der Waals surface area (Å²) in [7, 11) is -3.63. The van der Waals surface area contributed by atoms with Gasteiger partial charge in [0.15, 0.2) is 0 Å². The van der Waals surface area contributed by atoms with Crippen LogP contribution in [0.5, 0.6) is 11.6 Å². The lowest BCUT2D eigenvalue weighted by Gasteiger charge is -2.26. The highest BCUT2D eigenvalue weighted by Gasteiger charge is 2.28. The number of hydrogen-bond acceptors (Lipinski definition) is 7. The Kier molecular flexibility index (Phi) is 5.64. The molecule has 7 nitrogen and oxygen atoms in total. The van der Waals surface area contributed by atoms with E-state index in [1.807, 2.05) is 0 Å². The van der Waals surface area contributed by atoms with Crippen LogP contribution in [0.1, 0.15) is 23.8 Å². The van der Waals surface area contributed by atoms with Gasteiger partial charge in [-0.1, -0.05) is 18.5 Å². The number of aryl methyl sites for hydroxylation is 1. The fourth-order valence-electron chi connectivity index (χ4n) is 4.09. The summed E-state index contributed by atoms with van der Waals surface area (Å²) in [5.41, 5.74) is 1.26. The van der Waals surface area contributed by atoms with Gasteiger partial charge in [-0.25, -0.2) is 18.4 Å². The van der Waals surface area contributed by atoms with Crippen molar-refractivity contribution in [1.82, 2.24) is 14.3 Å². The van der Waals surface area contributed by atoms with Crippen molar-refractivity contribution in [2.24, 2.45) is 5.92 Å². The molecule has 0 saturated carbocycles. The molecule has 1 aliphatic heterocycles. The molecule has 0 N–H and O–H groups in total. The average Bonchev–Trinajstić information content (AvgIpc) is 3.14. The van der Waals surface area contributed by atoms with Crippen molar-refractivity contribution in [3.8, 4) is 11.6 Å². The highest BCUT2D eigenvalue weighted by molar-refractivity contribution is 7.89. The third-order valence-electron chi connectivity index (χ3n) is 5.77. The predicted octanol–water partition coefficient (Wildman–Crippen LogP) is 4.28. The van der Waals surface area contributed by atoms with Crippen LogP contribution in [0.15, 0.2) is 29.4 Å². The van der Waals surface area contributed by atoms with Crippen LogP contribution in [0.2, 0.25) is 5.02 Å². The maximum atomic E-state index is 12.9. The predicted molar refractivity (Wildman–Crippen MR) is 120 cm³/mol. The van der Waals surface area contributed by atoms with Gasteiger partial charge in [-0.3, -0.25) is 0 Å². The molecular formula is C21H22ClN3O4S2. The summed E-state index contributed by atoms with van der Waals surface area (Å²) < 4.78 is 38.5. The normalized spacial score (nSPS) is 20.0. The molecule has 1 saturated heterocycles. The first-order chi connectivity index (χ1) is 14.9. The first kappa shape index (κ1) is 21.1. The van der Waals surface area contributed by atoms with Crippen LogP contribution in [0.25, 0.3) is 10.2 Å². The molecule has 31 heavy (non-hydrogen) atoms. The van der Waals surface area contributed by atoms with Crippen LogP contribution < -0.4 is 4.74 Å². The van der Waals surface area contributed by atoms with Crippen LogP contribution >= 0.6 is 22.9 Å².